The highest BCUT2D eigenvalue weighted by molar-refractivity contribution is 9.10. The topological polar surface area (TPSA) is 30.8 Å². The quantitative estimate of drug-likeness (QED) is 0.328. The van der Waals surface area contributed by atoms with Crippen molar-refractivity contribution in [3.05, 3.63) is 95.5 Å². The maximum atomic E-state index is 5.78. The number of halogens is 1. The van der Waals surface area contributed by atoms with Crippen LogP contribution in [0.3, 0.4) is 0 Å². The van der Waals surface area contributed by atoms with Crippen molar-refractivity contribution < 1.29 is 9.47 Å². The maximum Gasteiger partial charge on any atom is 0.133 e. The van der Waals surface area contributed by atoms with E-state index in [1.165, 1.54) is 0 Å². The SMILES string of the molecule is C=CCOc1ccc(C=Nc2ccc(Oc3ccccc3)cc2)cc1Br. The monoisotopic (exact) mass is 407 g/mol. The number of ether oxygens (including phenoxy) is 2. The Kier molecular flexibility index (Phi) is 6.23. The molecule has 0 unspecified atom stereocenters. The lowest BCUT2D eigenvalue weighted by Gasteiger charge is -2.06. The number of hydrogen-bond acceptors (Lipinski definition) is 3. The Bertz CT molecular complexity index is 890. The highest BCUT2D eigenvalue weighted by Gasteiger charge is 2.01. The normalized spacial score (nSPS) is 10.7. The van der Waals surface area contributed by atoms with E-state index in [1.54, 1.807) is 6.08 Å². The van der Waals surface area contributed by atoms with E-state index >= 15 is 0 Å². The summed E-state index contributed by atoms with van der Waals surface area (Å²) in [6, 6.07) is 23.2. The molecule has 0 N–H and O–H groups in total. The van der Waals surface area contributed by atoms with E-state index in [0.29, 0.717) is 6.61 Å². The molecule has 3 rings (SSSR count). The summed E-state index contributed by atoms with van der Waals surface area (Å²) < 4.78 is 12.2. The number of nitrogens with zero attached hydrogens (tertiary/aromatic N) is 1. The predicted octanol–water partition coefficient (Wildman–Crippen LogP) is 6.56. The Balaban J connectivity index is 1.65. The molecule has 3 nitrogen and oxygen atoms in total. The van der Waals surface area contributed by atoms with Crippen LogP contribution in [-0.4, -0.2) is 12.8 Å². The Morgan fingerprint density at radius 2 is 1.65 bits per heavy atom. The maximum absolute atomic E-state index is 5.78. The summed E-state index contributed by atoms with van der Waals surface area (Å²) in [5.41, 5.74) is 1.83. The van der Waals surface area contributed by atoms with Gasteiger partial charge in [-0.1, -0.05) is 30.9 Å². The van der Waals surface area contributed by atoms with Gasteiger partial charge in [-0.05, 0) is 76.1 Å². The molecular weight excluding hydrogens is 390 g/mol. The second-order valence-corrected chi connectivity index (χ2v) is 6.31. The van der Waals surface area contributed by atoms with Gasteiger partial charge in [0.05, 0.1) is 10.2 Å². The molecule has 0 spiro atoms. The van der Waals surface area contributed by atoms with Crippen molar-refractivity contribution in [2.24, 2.45) is 4.99 Å². The number of aliphatic imine (C=N–C) groups is 1. The second kappa shape index (κ2) is 9.02. The minimum Gasteiger partial charge on any atom is -0.488 e. The zero-order valence-corrected chi connectivity index (χ0v) is 15.7. The first-order valence-corrected chi connectivity index (χ1v) is 8.94. The zero-order valence-electron chi connectivity index (χ0n) is 14.1. The summed E-state index contributed by atoms with van der Waals surface area (Å²) in [6.45, 7) is 4.12. The average Bonchev–Trinajstić information content (AvgIpc) is 2.67. The van der Waals surface area contributed by atoms with Gasteiger partial charge in [-0.15, -0.1) is 0 Å². The molecule has 0 fully saturated rings. The highest BCUT2D eigenvalue weighted by atomic mass is 79.9. The minimum absolute atomic E-state index is 0.476. The lowest BCUT2D eigenvalue weighted by Crippen LogP contribution is -1.94. The van der Waals surface area contributed by atoms with Crippen molar-refractivity contribution in [3.8, 4) is 17.2 Å². The molecule has 0 atom stereocenters. The molecule has 0 heterocycles. The molecule has 130 valence electrons. The number of hydrogen-bond donors (Lipinski definition) is 0. The van der Waals surface area contributed by atoms with Crippen LogP contribution in [0.5, 0.6) is 17.2 Å². The second-order valence-electron chi connectivity index (χ2n) is 5.46. The zero-order chi connectivity index (χ0) is 18.2. The molecule has 3 aromatic rings. The van der Waals surface area contributed by atoms with Gasteiger partial charge in [0, 0.05) is 6.21 Å². The Hall–Kier alpha value is -2.85. The third-order valence-electron chi connectivity index (χ3n) is 3.49. The van der Waals surface area contributed by atoms with E-state index in [-0.39, 0.29) is 0 Å². The van der Waals surface area contributed by atoms with Gasteiger partial charge in [0.15, 0.2) is 0 Å². The van der Waals surface area contributed by atoms with Crippen molar-refractivity contribution >= 4 is 27.8 Å². The molecule has 4 heteroatoms. The summed E-state index contributed by atoms with van der Waals surface area (Å²) in [5, 5.41) is 0. The summed E-state index contributed by atoms with van der Waals surface area (Å²) in [6.07, 6.45) is 3.53. The number of rotatable bonds is 7. The molecule has 0 saturated carbocycles. The molecule has 0 saturated heterocycles. The fourth-order valence-electron chi connectivity index (χ4n) is 2.24. The number of benzene rings is 3. The lowest BCUT2D eigenvalue weighted by atomic mass is 10.2. The molecule has 0 amide bonds. The van der Waals surface area contributed by atoms with Crippen molar-refractivity contribution in [1.29, 1.82) is 0 Å². The van der Waals surface area contributed by atoms with Crippen molar-refractivity contribution in [3.63, 3.8) is 0 Å². The van der Waals surface area contributed by atoms with Crippen LogP contribution in [0.25, 0.3) is 0 Å². The summed E-state index contributed by atoms with van der Waals surface area (Å²) in [7, 11) is 0. The fraction of sp³-hybridized carbons (Fsp3) is 0.0455. The first kappa shape index (κ1) is 18.0. The summed E-state index contributed by atoms with van der Waals surface area (Å²) in [5.74, 6) is 2.37. The summed E-state index contributed by atoms with van der Waals surface area (Å²) >= 11 is 3.51. The standard InChI is InChI=1S/C22H18BrNO2/c1-2-14-25-22-13-8-17(15-21(22)23)16-24-18-9-11-20(12-10-18)26-19-6-4-3-5-7-19/h2-13,15-16H,1,14H2. The van der Waals surface area contributed by atoms with E-state index in [9.17, 15) is 0 Å². The van der Waals surface area contributed by atoms with Crippen LogP contribution in [0, 0.1) is 0 Å². The molecule has 0 aliphatic rings. The van der Waals surface area contributed by atoms with Gasteiger partial charge in [0.1, 0.15) is 23.9 Å². The van der Waals surface area contributed by atoms with Crippen LogP contribution >= 0.6 is 15.9 Å². The molecular formula is C22H18BrNO2. The van der Waals surface area contributed by atoms with Gasteiger partial charge >= 0.3 is 0 Å². The van der Waals surface area contributed by atoms with E-state index in [4.69, 9.17) is 9.47 Å². The molecule has 0 aliphatic carbocycles. The van der Waals surface area contributed by atoms with E-state index in [0.717, 1.165) is 33.0 Å². The Morgan fingerprint density at radius 1 is 0.923 bits per heavy atom. The van der Waals surface area contributed by atoms with Gasteiger partial charge in [-0.25, -0.2) is 0 Å². The minimum atomic E-state index is 0.476. The molecule has 0 bridgehead atoms. The molecule has 3 aromatic carbocycles. The van der Waals surface area contributed by atoms with Gasteiger partial charge in [-0.2, -0.15) is 0 Å². The van der Waals surface area contributed by atoms with Crippen molar-refractivity contribution in [1.82, 2.24) is 0 Å². The van der Waals surface area contributed by atoms with Crippen molar-refractivity contribution in [2.45, 2.75) is 0 Å². The van der Waals surface area contributed by atoms with Crippen molar-refractivity contribution in [2.75, 3.05) is 6.61 Å². The van der Waals surface area contributed by atoms with Gasteiger partial charge < -0.3 is 9.47 Å². The van der Waals surface area contributed by atoms with Crippen LogP contribution < -0.4 is 9.47 Å². The molecule has 26 heavy (non-hydrogen) atoms. The Labute approximate surface area is 161 Å². The third-order valence-corrected chi connectivity index (χ3v) is 4.11. The average molecular weight is 408 g/mol. The van der Waals surface area contributed by atoms with E-state index in [2.05, 4.69) is 27.5 Å². The van der Waals surface area contributed by atoms with Gasteiger partial charge in [0.25, 0.3) is 0 Å². The Morgan fingerprint density at radius 3 is 2.35 bits per heavy atom. The first-order chi connectivity index (χ1) is 12.7. The lowest BCUT2D eigenvalue weighted by molar-refractivity contribution is 0.361. The van der Waals surface area contributed by atoms with E-state index in [1.807, 2.05) is 79.0 Å². The van der Waals surface area contributed by atoms with Crippen LogP contribution in [0.4, 0.5) is 5.69 Å². The largest absolute Gasteiger partial charge is 0.488 e. The molecule has 0 radical (unpaired) electrons. The molecule has 0 aromatic heterocycles. The summed E-state index contributed by atoms with van der Waals surface area (Å²) in [4.78, 5) is 4.50. The van der Waals surface area contributed by atoms with Crippen LogP contribution in [-0.2, 0) is 0 Å². The smallest absolute Gasteiger partial charge is 0.133 e. The van der Waals surface area contributed by atoms with Gasteiger partial charge in [-0.3, -0.25) is 4.99 Å². The van der Waals surface area contributed by atoms with Crippen LogP contribution in [0.1, 0.15) is 5.56 Å². The third kappa shape index (κ3) is 5.07. The fourth-order valence-corrected chi connectivity index (χ4v) is 2.75. The number of para-hydroxylation sites is 1. The predicted molar refractivity (Wildman–Crippen MR) is 110 cm³/mol. The van der Waals surface area contributed by atoms with Crippen LogP contribution in [0.15, 0.2) is 94.9 Å². The van der Waals surface area contributed by atoms with Crippen LogP contribution in [0.2, 0.25) is 0 Å². The van der Waals surface area contributed by atoms with E-state index < -0.39 is 0 Å². The first-order valence-electron chi connectivity index (χ1n) is 8.15. The van der Waals surface area contributed by atoms with Gasteiger partial charge in [0.2, 0.25) is 0 Å². The molecule has 0 aliphatic heterocycles. The highest BCUT2D eigenvalue weighted by Crippen LogP contribution is 2.26.